The molecule has 1 unspecified atom stereocenters. The Morgan fingerprint density at radius 1 is 1.24 bits per heavy atom. The van der Waals surface area contributed by atoms with Crippen LogP contribution in [0.15, 0.2) is 18.2 Å². The van der Waals surface area contributed by atoms with Crippen molar-refractivity contribution in [1.82, 2.24) is 4.90 Å². The molecule has 0 bridgehead atoms. The first kappa shape index (κ1) is 19.4. The number of β-amino-alcohol motifs (C(OH)–C–C–N with tert-alkyl or cyclic N) is 1. The Labute approximate surface area is 149 Å². The van der Waals surface area contributed by atoms with Gasteiger partial charge in [-0.05, 0) is 38.7 Å². The molecule has 1 aromatic carbocycles. The van der Waals surface area contributed by atoms with E-state index < -0.39 is 17.5 Å². The zero-order chi connectivity index (χ0) is 18.6. The molecule has 1 heterocycles. The number of benzene rings is 1. The lowest BCUT2D eigenvalue weighted by Gasteiger charge is -2.42. The normalized spacial score (nSPS) is 23.5. The minimum Gasteiger partial charge on any atom is -0.481 e. The summed E-state index contributed by atoms with van der Waals surface area (Å²) in [6, 6.07) is 6.27. The van der Waals surface area contributed by atoms with Crippen LogP contribution in [0, 0.1) is 19.3 Å². The second-order valence-corrected chi connectivity index (χ2v) is 7.31. The molecule has 0 radical (unpaired) electrons. The number of nitrogens with zero attached hydrogens (tertiary/aromatic N) is 1. The minimum absolute atomic E-state index is 0.0197. The molecule has 1 amide bonds. The van der Waals surface area contributed by atoms with Crippen LogP contribution in [0.4, 0.5) is 0 Å². The highest BCUT2D eigenvalue weighted by molar-refractivity contribution is 5.79. The van der Waals surface area contributed by atoms with Gasteiger partial charge in [0.05, 0.1) is 11.5 Å². The van der Waals surface area contributed by atoms with E-state index in [0.29, 0.717) is 38.6 Å². The Kier molecular flexibility index (Phi) is 6.22. The fourth-order valence-electron chi connectivity index (χ4n) is 3.92. The molecule has 138 valence electrons. The predicted octanol–water partition coefficient (Wildman–Crippen LogP) is 2.70. The summed E-state index contributed by atoms with van der Waals surface area (Å²) in [5.41, 5.74) is 2.39. The van der Waals surface area contributed by atoms with Crippen LogP contribution >= 0.6 is 0 Å². The number of carboxylic acid groups (broad SMARTS) is 1. The summed E-state index contributed by atoms with van der Waals surface area (Å²) < 4.78 is 0. The van der Waals surface area contributed by atoms with Gasteiger partial charge in [0.15, 0.2) is 0 Å². The molecular weight excluding hydrogens is 318 g/mol. The molecule has 2 atom stereocenters. The van der Waals surface area contributed by atoms with Crippen LogP contribution in [0.1, 0.15) is 49.3 Å². The number of rotatable bonds is 6. The SMILES string of the molecule is CCC[C@]1(C(=O)O)CCN(C(=O)CCc2cc(C)cc(C)c2)CC1O. The summed E-state index contributed by atoms with van der Waals surface area (Å²) in [6.07, 6.45) is 1.48. The van der Waals surface area contributed by atoms with Crippen molar-refractivity contribution in [3.05, 3.63) is 34.9 Å². The van der Waals surface area contributed by atoms with Crippen molar-refractivity contribution >= 4 is 11.9 Å². The molecule has 0 aromatic heterocycles. The summed E-state index contributed by atoms with van der Waals surface area (Å²) in [6.45, 7) is 6.50. The van der Waals surface area contributed by atoms with E-state index in [1.54, 1.807) is 4.90 Å². The van der Waals surface area contributed by atoms with Crippen molar-refractivity contribution in [2.75, 3.05) is 13.1 Å². The van der Waals surface area contributed by atoms with Gasteiger partial charge in [-0.2, -0.15) is 0 Å². The Balaban J connectivity index is 1.97. The third-order valence-corrected chi connectivity index (χ3v) is 5.24. The standard InChI is InChI=1S/C20H29NO4/c1-4-7-20(19(24)25)8-9-21(13-17(20)22)18(23)6-5-16-11-14(2)10-15(3)12-16/h10-12,17,22H,4-9,13H2,1-3H3,(H,24,25)/t17?,20-/m0/s1. The van der Waals surface area contributed by atoms with E-state index in [1.807, 2.05) is 20.8 Å². The number of amides is 1. The van der Waals surface area contributed by atoms with Gasteiger partial charge >= 0.3 is 5.97 Å². The predicted molar refractivity (Wildman–Crippen MR) is 96.4 cm³/mol. The average molecular weight is 347 g/mol. The molecule has 5 nitrogen and oxygen atoms in total. The van der Waals surface area contributed by atoms with Gasteiger partial charge in [0.25, 0.3) is 0 Å². The highest BCUT2D eigenvalue weighted by Crippen LogP contribution is 2.37. The first-order valence-electron chi connectivity index (χ1n) is 9.05. The van der Waals surface area contributed by atoms with Crippen molar-refractivity contribution in [3.8, 4) is 0 Å². The second-order valence-electron chi connectivity index (χ2n) is 7.31. The van der Waals surface area contributed by atoms with E-state index in [2.05, 4.69) is 18.2 Å². The maximum absolute atomic E-state index is 12.5. The van der Waals surface area contributed by atoms with E-state index in [-0.39, 0.29) is 12.5 Å². The van der Waals surface area contributed by atoms with Gasteiger partial charge in [0.2, 0.25) is 5.91 Å². The smallest absolute Gasteiger partial charge is 0.312 e. The van der Waals surface area contributed by atoms with Gasteiger partial charge in [-0.15, -0.1) is 0 Å². The lowest BCUT2D eigenvalue weighted by Crippen LogP contribution is -2.56. The van der Waals surface area contributed by atoms with Crippen molar-refractivity contribution in [2.24, 2.45) is 5.41 Å². The lowest BCUT2D eigenvalue weighted by atomic mass is 9.72. The fourth-order valence-corrected chi connectivity index (χ4v) is 3.92. The number of aryl methyl sites for hydroxylation is 3. The number of likely N-dealkylation sites (tertiary alicyclic amines) is 1. The zero-order valence-corrected chi connectivity index (χ0v) is 15.4. The molecule has 1 aliphatic heterocycles. The van der Waals surface area contributed by atoms with Crippen LogP contribution < -0.4 is 0 Å². The third kappa shape index (κ3) is 4.40. The Hall–Kier alpha value is -1.88. The van der Waals surface area contributed by atoms with Crippen LogP contribution in [0.2, 0.25) is 0 Å². The highest BCUT2D eigenvalue weighted by atomic mass is 16.4. The van der Waals surface area contributed by atoms with Gasteiger partial charge in [0.1, 0.15) is 0 Å². The summed E-state index contributed by atoms with van der Waals surface area (Å²) in [4.78, 5) is 25.8. The number of carbonyl (C=O) groups excluding carboxylic acids is 1. The molecule has 25 heavy (non-hydrogen) atoms. The molecule has 0 spiro atoms. The molecule has 0 saturated carbocycles. The van der Waals surface area contributed by atoms with Crippen LogP contribution in [0.25, 0.3) is 0 Å². The van der Waals surface area contributed by atoms with E-state index in [4.69, 9.17) is 0 Å². The Bertz CT molecular complexity index is 622. The van der Waals surface area contributed by atoms with Crippen molar-refractivity contribution in [3.63, 3.8) is 0 Å². The van der Waals surface area contributed by atoms with E-state index >= 15 is 0 Å². The number of hydrogen-bond acceptors (Lipinski definition) is 3. The first-order chi connectivity index (χ1) is 11.8. The summed E-state index contributed by atoms with van der Waals surface area (Å²) in [5.74, 6) is -0.974. The van der Waals surface area contributed by atoms with Crippen LogP contribution in [-0.2, 0) is 16.0 Å². The Morgan fingerprint density at radius 2 is 1.88 bits per heavy atom. The molecule has 1 aliphatic rings. The van der Waals surface area contributed by atoms with E-state index in [9.17, 15) is 19.8 Å². The maximum Gasteiger partial charge on any atom is 0.312 e. The van der Waals surface area contributed by atoms with E-state index in [1.165, 1.54) is 11.1 Å². The lowest BCUT2D eigenvalue weighted by molar-refractivity contribution is -0.167. The van der Waals surface area contributed by atoms with Crippen LogP contribution in [-0.4, -0.2) is 46.2 Å². The number of piperidine rings is 1. The molecule has 1 saturated heterocycles. The minimum atomic E-state index is -1.11. The van der Waals surface area contributed by atoms with Gasteiger partial charge in [0, 0.05) is 19.5 Å². The van der Waals surface area contributed by atoms with Gasteiger partial charge in [-0.1, -0.05) is 42.7 Å². The van der Waals surface area contributed by atoms with Crippen molar-refractivity contribution in [1.29, 1.82) is 0 Å². The zero-order valence-electron chi connectivity index (χ0n) is 15.4. The number of carbonyl (C=O) groups is 2. The van der Waals surface area contributed by atoms with Crippen molar-refractivity contribution < 1.29 is 19.8 Å². The van der Waals surface area contributed by atoms with Crippen molar-refractivity contribution in [2.45, 2.75) is 59.0 Å². The molecule has 5 heteroatoms. The number of hydrogen-bond donors (Lipinski definition) is 2. The topological polar surface area (TPSA) is 77.8 Å². The quantitative estimate of drug-likeness (QED) is 0.829. The largest absolute Gasteiger partial charge is 0.481 e. The molecule has 1 aromatic rings. The molecule has 0 aliphatic carbocycles. The van der Waals surface area contributed by atoms with Gasteiger partial charge in [-0.3, -0.25) is 9.59 Å². The number of aliphatic hydroxyl groups excluding tert-OH is 1. The maximum atomic E-state index is 12.5. The number of carboxylic acids is 1. The van der Waals surface area contributed by atoms with Gasteiger partial charge in [-0.25, -0.2) is 0 Å². The number of aliphatic hydroxyl groups is 1. The molecular formula is C20H29NO4. The van der Waals surface area contributed by atoms with Crippen LogP contribution in [0.3, 0.4) is 0 Å². The third-order valence-electron chi connectivity index (χ3n) is 5.24. The highest BCUT2D eigenvalue weighted by Gasteiger charge is 2.48. The average Bonchev–Trinajstić information content (AvgIpc) is 2.53. The molecule has 2 rings (SSSR count). The molecule has 1 fully saturated rings. The molecule has 2 N–H and O–H groups in total. The summed E-state index contributed by atoms with van der Waals surface area (Å²) >= 11 is 0. The second kappa shape index (κ2) is 8.00. The fraction of sp³-hybridized carbons (Fsp3) is 0.600. The Morgan fingerprint density at radius 3 is 2.40 bits per heavy atom. The van der Waals surface area contributed by atoms with Gasteiger partial charge < -0.3 is 15.1 Å². The van der Waals surface area contributed by atoms with E-state index in [0.717, 1.165) is 5.56 Å². The summed E-state index contributed by atoms with van der Waals surface area (Å²) in [7, 11) is 0. The summed E-state index contributed by atoms with van der Waals surface area (Å²) in [5, 5.41) is 20.0. The monoisotopic (exact) mass is 347 g/mol. The first-order valence-corrected chi connectivity index (χ1v) is 9.05. The van der Waals surface area contributed by atoms with Crippen LogP contribution in [0.5, 0.6) is 0 Å². The number of aliphatic carboxylic acids is 1.